The van der Waals surface area contributed by atoms with Gasteiger partial charge >= 0.3 is 7.82 Å². The topological polar surface area (TPSA) is 124 Å². The molecule has 0 aliphatic rings. The third-order valence-electron chi connectivity index (χ3n) is 3.70. The number of phosphoric acid groups is 1. The van der Waals surface area contributed by atoms with E-state index in [0.29, 0.717) is 22.8 Å². The van der Waals surface area contributed by atoms with Crippen LogP contribution in [0.3, 0.4) is 0 Å². The van der Waals surface area contributed by atoms with Gasteiger partial charge in [0.2, 0.25) is 11.5 Å². The number of aromatic hydroxyl groups is 1. The van der Waals surface area contributed by atoms with Crippen LogP contribution in [0.2, 0.25) is 0 Å². The van der Waals surface area contributed by atoms with E-state index in [2.05, 4.69) is 4.52 Å². The van der Waals surface area contributed by atoms with E-state index < -0.39 is 19.3 Å². The SMILES string of the molecule is COc1ccc(/C=C/c2cc(OC)c(OC)c(OC)c2)c(OP(=O)(O)O)c1O. The lowest BCUT2D eigenvalue weighted by molar-refractivity contribution is 0.275. The average Bonchev–Trinajstić information content (AvgIpc) is 2.66. The molecule has 152 valence electrons. The van der Waals surface area contributed by atoms with E-state index in [4.69, 9.17) is 28.7 Å². The third kappa shape index (κ3) is 4.89. The van der Waals surface area contributed by atoms with Crippen LogP contribution in [0.25, 0.3) is 12.2 Å². The highest BCUT2D eigenvalue weighted by Crippen LogP contribution is 2.47. The summed E-state index contributed by atoms with van der Waals surface area (Å²) in [5, 5.41) is 10.2. The van der Waals surface area contributed by atoms with E-state index in [0.717, 1.165) is 0 Å². The Morgan fingerprint density at radius 2 is 1.39 bits per heavy atom. The molecule has 0 radical (unpaired) electrons. The van der Waals surface area contributed by atoms with E-state index in [1.807, 2.05) is 0 Å². The zero-order chi connectivity index (χ0) is 20.9. The molecule has 0 aliphatic carbocycles. The zero-order valence-electron chi connectivity index (χ0n) is 15.7. The van der Waals surface area contributed by atoms with Crippen LogP contribution < -0.4 is 23.5 Å². The van der Waals surface area contributed by atoms with Crippen molar-refractivity contribution in [3.05, 3.63) is 35.4 Å². The van der Waals surface area contributed by atoms with Gasteiger partial charge in [-0.15, -0.1) is 0 Å². The Bertz CT molecular complexity index is 893. The van der Waals surface area contributed by atoms with Crippen molar-refractivity contribution in [3.63, 3.8) is 0 Å². The maximum absolute atomic E-state index is 11.3. The molecule has 2 aromatic rings. The highest BCUT2D eigenvalue weighted by Gasteiger charge is 2.23. The molecule has 0 atom stereocenters. The van der Waals surface area contributed by atoms with Crippen molar-refractivity contribution < 1.29 is 42.9 Å². The molecular formula is C18H21O9P. The summed E-state index contributed by atoms with van der Waals surface area (Å²) in [4.78, 5) is 18.3. The summed E-state index contributed by atoms with van der Waals surface area (Å²) in [6.07, 6.45) is 3.13. The molecule has 10 heteroatoms. The van der Waals surface area contributed by atoms with Gasteiger partial charge in [-0.1, -0.05) is 12.2 Å². The number of ether oxygens (including phenoxy) is 4. The van der Waals surface area contributed by atoms with Gasteiger partial charge in [-0.05, 0) is 29.8 Å². The Labute approximate surface area is 161 Å². The molecule has 0 spiro atoms. The Morgan fingerprint density at radius 1 is 0.821 bits per heavy atom. The van der Waals surface area contributed by atoms with E-state index in [1.54, 1.807) is 18.2 Å². The van der Waals surface area contributed by atoms with Gasteiger partial charge in [0.15, 0.2) is 23.0 Å². The summed E-state index contributed by atoms with van der Waals surface area (Å²) in [5.41, 5.74) is 0.863. The lowest BCUT2D eigenvalue weighted by Gasteiger charge is -2.14. The number of hydrogen-bond acceptors (Lipinski definition) is 7. The van der Waals surface area contributed by atoms with Crippen molar-refractivity contribution >= 4 is 20.0 Å². The van der Waals surface area contributed by atoms with Crippen LogP contribution in [0.4, 0.5) is 0 Å². The van der Waals surface area contributed by atoms with Gasteiger partial charge in [-0.2, -0.15) is 0 Å². The number of hydrogen-bond donors (Lipinski definition) is 3. The lowest BCUT2D eigenvalue weighted by Crippen LogP contribution is -1.96. The molecule has 0 amide bonds. The molecule has 3 N–H and O–H groups in total. The molecule has 9 nitrogen and oxygen atoms in total. The molecule has 0 saturated heterocycles. The van der Waals surface area contributed by atoms with Crippen LogP contribution in [0.15, 0.2) is 24.3 Å². The molecule has 0 aliphatic heterocycles. The van der Waals surface area contributed by atoms with E-state index in [9.17, 15) is 9.67 Å². The number of phenols is 1. The van der Waals surface area contributed by atoms with Crippen LogP contribution in [-0.4, -0.2) is 43.3 Å². The number of benzene rings is 2. The fourth-order valence-electron chi connectivity index (χ4n) is 2.46. The van der Waals surface area contributed by atoms with E-state index in [-0.39, 0.29) is 11.3 Å². The minimum absolute atomic E-state index is 0.00776. The predicted molar refractivity (Wildman–Crippen MR) is 102 cm³/mol. The second-order valence-corrected chi connectivity index (χ2v) is 6.57. The highest BCUT2D eigenvalue weighted by molar-refractivity contribution is 7.46. The molecule has 0 fully saturated rings. The summed E-state index contributed by atoms with van der Waals surface area (Å²) in [5.74, 6) is 0.369. The van der Waals surface area contributed by atoms with Gasteiger partial charge < -0.3 is 28.6 Å². The Hall–Kier alpha value is -2.87. The van der Waals surface area contributed by atoms with Gasteiger partial charge in [0.05, 0.1) is 28.4 Å². The molecule has 28 heavy (non-hydrogen) atoms. The third-order valence-corrected chi connectivity index (χ3v) is 4.12. The molecule has 0 unspecified atom stereocenters. The van der Waals surface area contributed by atoms with Crippen LogP contribution >= 0.6 is 7.82 Å². The molecule has 2 rings (SSSR count). The van der Waals surface area contributed by atoms with E-state index in [1.165, 1.54) is 46.6 Å². The van der Waals surface area contributed by atoms with Gasteiger partial charge in [0.1, 0.15) is 0 Å². The fraction of sp³-hybridized carbons (Fsp3) is 0.222. The second kappa shape index (κ2) is 8.88. The molecule has 0 bridgehead atoms. The number of phenolic OH excluding ortho intramolecular Hbond substituents is 1. The summed E-state index contributed by atoms with van der Waals surface area (Å²) in [6.45, 7) is 0. The van der Waals surface area contributed by atoms with Crippen molar-refractivity contribution in [3.8, 4) is 34.5 Å². The Morgan fingerprint density at radius 3 is 1.86 bits per heavy atom. The predicted octanol–water partition coefficient (Wildman–Crippen LogP) is 3.07. The zero-order valence-corrected chi connectivity index (χ0v) is 16.6. The van der Waals surface area contributed by atoms with Crippen molar-refractivity contribution in [2.75, 3.05) is 28.4 Å². The molecule has 0 aromatic heterocycles. The van der Waals surface area contributed by atoms with Crippen molar-refractivity contribution in [1.29, 1.82) is 0 Å². The van der Waals surface area contributed by atoms with Crippen LogP contribution in [0.5, 0.6) is 34.5 Å². The van der Waals surface area contributed by atoms with Crippen molar-refractivity contribution in [2.45, 2.75) is 0 Å². The quantitative estimate of drug-likeness (QED) is 0.443. The Balaban J connectivity index is 2.52. The lowest BCUT2D eigenvalue weighted by atomic mass is 10.1. The number of rotatable bonds is 8. The summed E-state index contributed by atoms with van der Waals surface area (Å²) >= 11 is 0. The maximum Gasteiger partial charge on any atom is 0.524 e. The first-order valence-electron chi connectivity index (χ1n) is 7.87. The second-order valence-electron chi connectivity index (χ2n) is 5.41. The molecule has 0 heterocycles. The average molecular weight is 412 g/mol. The maximum atomic E-state index is 11.3. The van der Waals surface area contributed by atoms with Gasteiger partial charge in [0.25, 0.3) is 0 Å². The highest BCUT2D eigenvalue weighted by atomic mass is 31.2. The van der Waals surface area contributed by atoms with Gasteiger partial charge in [0, 0.05) is 5.56 Å². The minimum Gasteiger partial charge on any atom is -0.502 e. The Kier molecular flexibility index (Phi) is 6.80. The molecule has 2 aromatic carbocycles. The van der Waals surface area contributed by atoms with Crippen LogP contribution in [0, 0.1) is 0 Å². The summed E-state index contributed by atoms with van der Waals surface area (Å²) in [7, 11) is 0.854. The smallest absolute Gasteiger partial charge is 0.502 e. The monoisotopic (exact) mass is 412 g/mol. The van der Waals surface area contributed by atoms with E-state index >= 15 is 0 Å². The first kappa shape index (κ1) is 21.4. The summed E-state index contributed by atoms with van der Waals surface area (Å²) < 4.78 is 36.7. The number of methoxy groups -OCH3 is 4. The van der Waals surface area contributed by atoms with Crippen LogP contribution in [-0.2, 0) is 4.57 Å². The van der Waals surface area contributed by atoms with Crippen LogP contribution in [0.1, 0.15) is 11.1 Å². The minimum atomic E-state index is -4.91. The van der Waals surface area contributed by atoms with Gasteiger partial charge in [-0.3, -0.25) is 9.79 Å². The van der Waals surface area contributed by atoms with Gasteiger partial charge in [-0.25, -0.2) is 4.57 Å². The standard InChI is InChI=1S/C18H21O9P/c1-23-13-8-7-12(17(16(13)19)27-28(20,21)22)6-5-11-9-14(24-2)18(26-4)15(10-11)25-3/h5-10,19H,1-4H3,(H2,20,21,22)/b6-5+. The molecular weight excluding hydrogens is 391 g/mol. The first-order valence-corrected chi connectivity index (χ1v) is 9.40. The summed E-state index contributed by atoms with van der Waals surface area (Å²) in [6, 6.07) is 6.30. The largest absolute Gasteiger partial charge is 0.524 e. The first-order chi connectivity index (χ1) is 13.2. The normalized spacial score (nSPS) is 11.4. The molecule has 0 saturated carbocycles. The fourth-order valence-corrected chi connectivity index (χ4v) is 2.89. The van der Waals surface area contributed by atoms with Crippen molar-refractivity contribution in [2.24, 2.45) is 0 Å². The number of phosphoric ester groups is 1. The van der Waals surface area contributed by atoms with Crippen molar-refractivity contribution in [1.82, 2.24) is 0 Å².